The summed E-state index contributed by atoms with van der Waals surface area (Å²) in [5, 5.41) is 2.63. The van der Waals surface area contributed by atoms with Crippen molar-refractivity contribution in [2.75, 3.05) is 0 Å². The molecule has 2 aromatic carbocycles. The highest BCUT2D eigenvalue weighted by molar-refractivity contribution is 5.91. The van der Waals surface area contributed by atoms with Gasteiger partial charge >= 0.3 is 6.09 Å². The number of rotatable bonds is 7. The van der Waals surface area contributed by atoms with E-state index in [-0.39, 0.29) is 12.4 Å². The van der Waals surface area contributed by atoms with Gasteiger partial charge in [0.25, 0.3) is 0 Å². The first-order chi connectivity index (χ1) is 11.6. The molecule has 0 spiro atoms. The molecule has 0 bridgehead atoms. The fourth-order valence-corrected chi connectivity index (χ4v) is 2.30. The van der Waals surface area contributed by atoms with Gasteiger partial charge in [0.1, 0.15) is 6.61 Å². The van der Waals surface area contributed by atoms with Gasteiger partial charge in [-0.3, -0.25) is 4.79 Å². The number of amides is 1. The smallest absolute Gasteiger partial charge is 0.408 e. The van der Waals surface area contributed by atoms with E-state index in [4.69, 9.17) is 10.5 Å². The third kappa shape index (κ3) is 5.52. The number of carbonyl (C=O) groups excluding carboxylic acids is 2. The topological polar surface area (TPSA) is 81.4 Å². The Morgan fingerprint density at radius 3 is 2.08 bits per heavy atom. The van der Waals surface area contributed by atoms with Crippen LogP contribution in [0.5, 0.6) is 0 Å². The van der Waals surface area contributed by atoms with Gasteiger partial charge in [-0.15, -0.1) is 0 Å². The zero-order valence-electron chi connectivity index (χ0n) is 13.6. The molecule has 0 heterocycles. The first-order valence-electron chi connectivity index (χ1n) is 7.86. The van der Waals surface area contributed by atoms with E-state index in [0.717, 1.165) is 11.1 Å². The first-order valence-corrected chi connectivity index (χ1v) is 7.86. The summed E-state index contributed by atoms with van der Waals surface area (Å²) in [5.41, 5.74) is 7.51. The minimum atomic E-state index is -0.712. The molecule has 1 amide bonds. The van der Waals surface area contributed by atoms with E-state index in [0.29, 0.717) is 6.42 Å². The molecule has 5 heteroatoms. The predicted octanol–water partition coefficient (Wildman–Crippen LogP) is 2.44. The Labute approximate surface area is 141 Å². The van der Waals surface area contributed by atoms with Crippen molar-refractivity contribution >= 4 is 11.9 Å². The van der Waals surface area contributed by atoms with Crippen molar-refractivity contribution in [1.29, 1.82) is 0 Å². The molecule has 0 saturated carbocycles. The number of benzene rings is 2. The van der Waals surface area contributed by atoms with Gasteiger partial charge in [-0.2, -0.15) is 0 Å². The average Bonchev–Trinajstić information content (AvgIpc) is 2.60. The first kappa shape index (κ1) is 17.7. The Kier molecular flexibility index (Phi) is 6.51. The predicted molar refractivity (Wildman–Crippen MR) is 92.4 cm³/mol. The molecule has 0 aliphatic carbocycles. The van der Waals surface area contributed by atoms with Crippen molar-refractivity contribution in [2.45, 2.75) is 32.0 Å². The second-order valence-electron chi connectivity index (χ2n) is 5.64. The molecule has 0 aromatic heterocycles. The molecule has 0 fully saturated rings. The second-order valence-corrected chi connectivity index (χ2v) is 5.64. The average molecular weight is 326 g/mol. The lowest BCUT2D eigenvalue weighted by Gasteiger charge is -2.19. The summed E-state index contributed by atoms with van der Waals surface area (Å²) >= 11 is 0. The molecule has 3 N–H and O–H groups in total. The number of nitrogens with one attached hydrogen (secondary N) is 1. The number of nitrogens with two attached hydrogens (primary N) is 1. The third-order valence-electron chi connectivity index (χ3n) is 3.58. The maximum Gasteiger partial charge on any atom is 0.408 e. The molecule has 0 unspecified atom stereocenters. The van der Waals surface area contributed by atoms with Crippen LogP contribution in [-0.2, 0) is 22.6 Å². The third-order valence-corrected chi connectivity index (χ3v) is 3.58. The van der Waals surface area contributed by atoms with Crippen molar-refractivity contribution in [2.24, 2.45) is 5.73 Å². The van der Waals surface area contributed by atoms with Crippen molar-refractivity contribution in [3.8, 4) is 0 Å². The number of alkyl carbamates (subject to hydrolysis) is 1. The minimum Gasteiger partial charge on any atom is -0.445 e. The highest BCUT2D eigenvalue weighted by Crippen LogP contribution is 2.06. The Morgan fingerprint density at radius 1 is 1.00 bits per heavy atom. The van der Waals surface area contributed by atoms with E-state index in [1.165, 1.54) is 0 Å². The number of ether oxygens (including phenoxy) is 1. The lowest BCUT2D eigenvalue weighted by molar-refractivity contribution is -0.121. The maximum atomic E-state index is 12.3. The molecule has 2 rings (SSSR count). The van der Waals surface area contributed by atoms with Gasteiger partial charge in [0.2, 0.25) is 0 Å². The van der Waals surface area contributed by atoms with E-state index >= 15 is 0 Å². The van der Waals surface area contributed by atoms with Gasteiger partial charge in [0, 0.05) is 0 Å². The number of hydrogen-bond acceptors (Lipinski definition) is 4. The van der Waals surface area contributed by atoms with E-state index in [1.807, 2.05) is 60.7 Å². The van der Waals surface area contributed by atoms with Gasteiger partial charge in [-0.25, -0.2) is 4.79 Å². The fourth-order valence-electron chi connectivity index (χ4n) is 2.30. The lowest BCUT2D eigenvalue weighted by Crippen LogP contribution is -2.48. The molecule has 0 aliphatic heterocycles. The molecular formula is C19H22N2O3. The van der Waals surface area contributed by atoms with Crippen LogP contribution in [0.25, 0.3) is 0 Å². The fraction of sp³-hybridized carbons (Fsp3) is 0.263. The quantitative estimate of drug-likeness (QED) is 0.819. The van der Waals surface area contributed by atoms with Crippen LogP contribution in [0.15, 0.2) is 60.7 Å². The van der Waals surface area contributed by atoms with Crippen LogP contribution < -0.4 is 11.1 Å². The number of Topliss-reactive ketones (excluding diaryl/α,β-unsaturated/α-hetero) is 1. The van der Waals surface area contributed by atoms with Crippen LogP contribution in [-0.4, -0.2) is 24.0 Å². The lowest BCUT2D eigenvalue weighted by atomic mass is 9.99. The van der Waals surface area contributed by atoms with Crippen molar-refractivity contribution in [3.05, 3.63) is 71.8 Å². The monoisotopic (exact) mass is 326 g/mol. The molecule has 126 valence electrons. The summed E-state index contributed by atoms with van der Waals surface area (Å²) in [5.74, 6) is -0.226. The zero-order valence-corrected chi connectivity index (χ0v) is 13.6. The van der Waals surface area contributed by atoms with Crippen LogP contribution in [0.4, 0.5) is 4.79 Å². The molecule has 0 saturated heterocycles. The number of carbonyl (C=O) groups is 2. The second kappa shape index (κ2) is 8.84. The highest BCUT2D eigenvalue weighted by atomic mass is 16.5. The van der Waals surface area contributed by atoms with Gasteiger partial charge in [0.05, 0.1) is 12.1 Å². The van der Waals surface area contributed by atoms with E-state index < -0.39 is 18.2 Å². The van der Waals surface area contributed by atoms with E-state index in [2.05, 4.69) is 5.32 Å². The Morgan fingerprint density at radius 2 is 1.54 bits per heavy atom. The molecule has 2 atom stereocenters. The molecular weight excluding hydrogens is 304 g/mol. The zero-order chi connectivity index (χ0) is 17.4. The van der Waals surface area contributed by atoms with Crippen LogP contribution in [0, 0.1) is 0 Å². The van der Waals surface area contributed by atoms with Crippen LogP contribution in [0.1, 0.15) is 18.1 Å². The van der Waals surface area contributed by atoms with Gasteiger partial charge in [0.15, 0.2) is 5.78 Å². The minimum absolute atomic E-state index is 0.150. The largest absolute Gasteiger partial charge is 0.445 e. The Balaban J connectivity index is 1.96. The van der Waals surface area contributed by atoms with Crippen molar-refractivity contribution < 1.29 is 14.3 Å². The molecule has 5 nitrogen and oxygen atoms in total. The highest BCUT2D eigenvalue weighted by Gasteiger charge is 2.24. The summed E-state index contributed by atoms with van der Waals surface area (Å²) in [7, 11) is 0. The van der Waals surface area contributed by atoms with E-state index in [9.17, 15) is 9.59 Å². The standard InChI is InChI=1S/C19H22N2O3/c1-14(20)18(22)17(12-15-8-4-2-5-9-15)21-19(23)24-13-16-10-6-3-7-11-16/h2-11,14,17H,12-13,20H2,1H3,(H,21,23)/t14-,17+/m1/s1. The Bertz CT molecular complexity index is 657. The maximum absolute atomic E-state index is 12.3. The molecule has 0 radical (unpaired) electrons. The summed E-state index contributed by atoms with van der Waals surface area (Å²) in [4.78, 5) is 24.3. The molecule has 24 heavy (non-hydrogen) atoms. The Hall–Kier alpha value is -2.66. The van der Waals surface area contributed by atoms with Crippen molar-refractivity contribution in [1.82, 2.24) is 5.32 Å². The number of hydrogen-bond donors (Lipinski definition) is 2. The number of ketones is 1. The molecule has 0 aliphatic rings. The summed E-state index contributed by atoms with van der Waals surface area (Å²) < 4.78 is 5.18. The SMILES string of the molecule is C[C@@H](N)C(=O)[C@H](Cc1ccccc1)NC(=O)OCc1ccccc1. The van der Waals surface area contributed by atoms with Gasteiger partial charge in [-0.1, -0.05) is 60.7 Å². The van der Waals surface area contributed by atoms with Crippen molar-refractivity contribution in [3.63, 3.8) is 0 Å². The van der Waals surface area contributed by atoms with Crippen LogP contribution >= 0.6 is 0 Å². The van der Waals surface area contributed by atoms with Crippen LogP contribution in [0.3, 0.4) is 0 Å². The van der Waals surface area contributed by atoms with E-state index in [1.54, 1.807) is 6.92 Å². The summed E-state index contributed by atoms with van der Waals surface area (Å²) in [6, 6.07) is 17.5. The molecule has 2 aromatic rings. The van der Waals surface area contributed by atoms with Gasteiger partial charge < -0.3 is 15.8 Å². The van der Waals surface area contributed by atoms with Crippen LogP contribution in [0.2, 0.25) is 0 Å². The summed E-state index contributed by atoms with van der Waals surface area (Å²) in [6.07, 6.45) is -0.254. The van der Waals surface area contributed by atoms with Gasteiger partial charge in [-0.05, 0) is 24.5 Å². The summed E-state index contributed by atoms with van der Waals surface area (Å²) in [6.45, 7) is 1.76. The normalized spacial score (nSPS) is 12.9.